The zero-order chi connectivity index (χ0) is 17.4. The molecule has 130 valence electrons. The van der Waals surface area contributed by atoms with Crippen molar-refractivity contribution in [3.63, 3.8) is 0 Å². The number of benzene rings is 1. The first kappa shape index (κ1) is 17.0. The summed E-state index contributed by atoms with van der Waals surface area (Å²) in [6.45, 7) is 0.293. The smallest absolute Gasteiger partial charge is 0.364 e. The summed E-state index contributed by atoms with van der Waals surface area (Å²) in [6, 6.07) is 4.68. The zero-order valence-corrected chi connectivity index (χ0v) is 13.3. The third kappa shape index (κ3) is 3.18. The minimum atomic E-state index is -4.50. The lowest BCUT2D eigenvalue weighted by Crippen LogP contribution is -2.38. The summed E-state index contributed by atoms with van der Waals surface area (Å²) in [5, 5.41) is 3.81. The van der Waals surface area contributed by atoms with Gasteiger partial charge in [0.1, 0.15) is 12.0 Å². The normalized spacial score (nSPS) is 20.2. The van der Waals surface area contributed by atoms with E-state index in [-0.39, 0.29) is 4.90 Å². The number of rotatable bonds is 3. The van der Waals surface area contributed by atoms with Gasteiger partial charge in [-0.05, 0) is 37.1 Å². The van der Waals surface area contributed by atoms with E-state index in [4.69, 9.17) is 4.52 Å². The summed E-state index contributed by atoms with van der Waals surface area (Å²) < 4.78 is 69.7. The van der Waals surface area contributed by atoms with Crippen LogP contribution in [0.4, 0.5) is 13.2 Å². The molecule has 1 aromatic carbocycles. The van der Waals surface area contributed by atoms with Gasteiger partial charge in [0.05, 0.1) is 16.5 Å². The maximum absolute atomic E-state index is 12.8. The van der Waals surface area contributed by atoms with Crippen molar-refractivity contribution in [2.45, 2.75) is 36.4 Å². The molecule has 2 heterocycles. The Labute approximate surface area is 137 Å². The molecule has 1 aliphatic heterocycles. The van der Waals surface area contributed by atoms with E-state index in [0.29, 0.717) is 25.1 Å². The molecule has 1 aliphatic rings. The molecule has 0 N–H and O–H groups in total. The van der Waals surface area contributed by atoms with Crippen molar-refractivity contribution in [2.75, 3.05) is 6.54 Å². The average Bonchev–Trinajstić information content (AvgIpc) is 3.08. The second kappa shape index (κ2) is 6.21. The van der Waals surface area contributed by atoms with E-state index in [1.807, 2.05) is 0 Å². The van der Waals surface area contributed by atoms with E-state index >= 15 is 0 Å². The fourth-order valence-corrected chi connectivity index (χ4v) is 4.50. The van der Waals surface area contributed by atoms with Crippen molar-refractivity contribution in [1.82, 2.24) is 9.46 Å². The van der Waals surface area contributed by atoms with Gasteiger partial charge in [0, 0.05) is 12.6 Å². The second-order valence-corrected chi connectivity index (χ2v) is 7.46. The molecule has 9 heteroatoms. The third-order valence-corrected chi connectivity index (χ3v) is 5.96. The van der Waals surface area contributed by atoms with Crippen LogP contribution in [0.1, 0.15) is 36.6 Å². The summed E-state index contributed by atoms with van der Waals surface area (Å²) in [4.78, 5) is -0.161. The predicted octanol–water partition coefficient (Wildman–Crippen LogP) is 3.61. The molecule has 0 bridgehead atoms. The Kier molecular flexibility index (Phi) is 4.39. The lowest BCUT2D eigenvalue weighted by atomic mass is 10.0. The summed E-state index contributed by atoms with van der Waals surface area (Å²) in [5.74, 6) is 0. The molecule has 0 saturated carbocycles. The highest BCUT2D eigenvalue weighted by molar-refractivity contribution is 7.89. The largest absolute Gasteiger partial charge is 0.416 e. The number of halogens is 3. The minimum absolute atomic E-state index is 0.161. The van der Waals surface area contributed by atoms with Crippen LogP contribution >= 0.6 is 0 Å². The van der Waals surface area contributed by atoms with Gasteiger partial charge in [-0.1, -0.05) is 11.6 Å². The lowest BCUT2D eigenvalue weighted by Gasteiger charge is -2.33. The third-order valence-electron chi connectivity index (χ3n) is 4.04. The van der Waals surface area contributed by atoms with Crippen LogP contribution < -0.4 is 0 Å². The Morgan fingerprint density at radius 1 is 1.12 bits per heavy atom. The molecule has 3 rings (SSSR count). The molecule has 5 nitrogen and oxygen atoms in total. The van der Waals surface area contributed by atoms with Gasteiger partial charge in [-0.3, -0.25) is 0 Å². The highest BCUT2D eigenvalue weighted by atomic mass is 32.2. The van der Waals surface area contributed by atoms with E-state index in [1.165, 1.54) is 10.6 Å². The Hall–Kier alpha value is -1.87. The van der Waals surface area contributed by atoms with Gasteiger partial charge in [0.2, 0.25) is 10.0 Å². The predicted molar refractivity (Wildman–Crippen MR) is 78.4 cm³/mol. The molecule has 2 aromatic rings. The topological polar surface area (TPSA) is 63.4 Å². The highest BCUT2D eigenvalue weighted by Crippen LogP contribution is 2.35. The van der Waals surface area contributed by atoms with Crippen LogP contribution in [0, 0.1) is 0 Å². The van der Waals surface area contributed by atoms with Gasteiger partial charge in [-0.2, -0.15) is 17.5 Å². The van der Waals surface area contributed by atoms with Crippen LogP contribution in [0.15, 0.2) is 46.0 Å². The number of nitrogens with zero attached hydrogens (tertiary/aromatic N) is 2. The standard InChI is InChI=1S/C15H15F3N2O3S/c16-15(17,18)11-4-6-12(7-5-11)24(21,22)20-9-2-1-3-14(20)13-8-10-23-19-13/h4-8,10,14H,1-3,9H2. The Morgan fingerprint density at radius 3 is 2.42 bits per heavy atom. The second-order valence-electron chi connectivity index (χ2n) is 5.57. The van der Waals surface area contributed by atoms with E-state index in [9.17, 15) is 21.6 Å². The van der Waals surface area contributed by atoms with Gasteiger partial charge in [0.25, 0.3) is 0 Å². The first-order chi connectivity index (χ1) is 11.3. The lowest BCUT2D eigenvalue weighted by molar-refractivity contribution is -0.137. The molecule has 24 heavy (non-hydrogen) atoms. The van der Waals surface area contributed by atoms with Crippen LogP contribution in [-0.2, 0) is 16.2 Å². The van der Waals surface area contributed by atoms with Gasteiger partial charge in [0.15, 0.2) is 0 Å². The molecule has 1 aromatic heterocycles. The number of sulfonamides is 1. The molecule has 0 spiro atoms. The molecule has 1 saturated heterocycles. The van der Waals surface area contributed by atoms with Crippen molar-refractivity contribution >= 4 is 10.0 Å². The fraction of sp³-hybridized carbons (Fsp3) is 0.400. The fourth-order valence-electron chi connectivity index (χ4n) is 2.83. The summed E-state index contributed by atoms with van der Waals surface area (Å²) in [7, 11) is -3.92. The van der Waals surface area contributed by atoms with Crippen molar-refractivity contribution < 1.29 is 26.1 Å². The van der Waals surface area contributed by atoms with Crippen molar-refractivity contribution in [3.05, 3.63) is 47.9 Å². The van der Waals surface area contributed by atoms with Crippen LogP contribution in [0.25, 0.3) is 0 Å². The number of aromatic nitrogens is 1. The van der Waals surface area contributed by atoms with Crippen molar-refractivity contribution in [2.24, 2.45) is 0 Å². The van der Waals surface area contributed by atoms with E-state index in [1.54, 1.807) is 6.07 Å². The molecule has 0 amide bonds. The first-order valence-corrected chi connectivity index (χ1v) is 8.83. The summed E-state index contributed by atoms with van der Waals surface area (Å²) >= 11 is 0. The molecule has 1 fully saturated rings. The van der Waals surface area contributed by atoms with Gasteiger partial charge >= 0.3 is 6.18 Å². The molecule has 0 aliphatic carbocycles. The van der Waals surface area contributed by atoms with E-state index in [0.717, 1.165) is 30.7 Å². The molecule has 1 atom stereocenters. The maximum Gasteiger partial charge on any atom is 0.416 e. The van der Waals surface area contributed by atoms with Crippen molar-refractivity contribution in [1.29, 1.82) is 0 Å². The van der Waals surface area contributed by atoms with Crippen LogP contribution in [0.2, 0.25) is 0 Å². The SMILES string of the molecule is O=S(=O)(c1ccc(C(F)(F)F)cc1)N1CCCCC1c1ccon1. The number of hydrogen-bond acceptors (Lipinski definition) is 4. The molecular formula is C15H15F3N2O3S. The minimum Gasteiger partial charge on any atom is -0.364 e. The van der Waals surface area contributed by atoms with Crippen molar-refractivity contribution in [3.8, 4) is 0 Å². The van der Waals surface area contributed by atoms with E-state index < -0.39 is 27.8 Å². The van der Waals surface area contributed by atoms with Gasteiger partial charge < -0.3 is 4.52 Å². The first-order valence-electron chi connectivity index (χ1n) is 7.39. The Bertz CT molecular complexity index is 786. The number of hydrogen-bond donors (Lipinski definition) is 0. The molecular weight excluding hydrogens is 345 g/mol. The monoisotopic (exact) mass is 360 g/mol. The maximum atomic E-state index is 12.8. The number of piperidine rings is 1. The zero-order valence-electron chi connectivity index (χ0n) is 12.5. The van der Waals surface area contributed by atoms with E-state index in [2.05, 4.69) is 5.16 Å². The van der Waals surface area contributed by atoms with Crippen LogP contribution in [-0.4, -0.2) is 24.4 Å². The average molecular weight is 360 g/mol. The number of alkyl halides is 3. The molecule has 1 unspecified atom stereocenters. The Morgan fingerprint density at radius 2 is 1.83 bits per heavy atom. The summed E-state index contributed by atoms with van der Waals surface area (Å²) in [5.41, 5.74) is -0.377. The van der Waals surface area contributed by atoms with Crippen LogP contribution in [0.3, 0.4) is 0 Å². The van der Waals surface area contributed by atoms with Gasteiger partial charge in [-0.15, -0.1) is 0 Å². The van der Waals surface area contributed by atoms with Crippen LogP contribution in [0.5, 0.6) is 0 Å². The Balaban J connectivity index is 1.93. The quantitative estimate of drug-likeness (QED) is 0.839. The van der Waals surface area contributed by atoms with Gasteiger partial charge in [-0.25, -0.2) is 8.42 Å². The highest BCUT2D eigenvalue weighted by Gasteiger charge is 2.36. The molecule has 0 radical (unpaired) electrons. The summed E-state index contributed by atoms with van der Waals surface area (Å²) in [6.07, 6.45) is -1.01.